The molecule has 0 aromatic heterocycles. The topological polar surface area (TPSA) is 46.6 Å². The molecule has 0 N–H and O–H groups in total. The van der Waals surface area contributed by atoms with Crippen LogP contribution in [-0.4, -0.2) is 18.4 Å². The van der Waals surface area contributed by atoms with Crippen molar-refractivity contribution in [3.8, 4) is 5.75 Å². The third-order valence-corrected chi connectivity index (χ3v) is 4.20. The van der Waals surface area contributed by atoms with Gasteiger partial charge in [0.05, 0.1) is 10.0 Å². The highest BCUT2D eigenvalue weighted by atomic mass is 79.9. The Labute approximate surface area is 141 Å². The van der Waals surface area contributed by atoms with Crippen LogP contribution in [0.5, 0.6) is 5.75 Å². The van der Waals surface area contributed by atoms with Gasteiger partial charge in [0.25, 0.3) is 0 Å². The summed E-state index contributed by atoms with van der Waals surface area (Å²) < 4.78 is 18.6. The van der Waals surface area contributed by atoms with Crippen LogP contribution in [0.25, 0.3) is 0 Å². The zero-order chi connectivity index (χ0) is 16.4. The lowest BCUT2D eigenvalue weighted by Crippen LogP contribution is -2.23. The summed E-state index contributed by atoms with van der Waals surface area (Å²) in [4.78, 5) is 25.5. The minimum atomic E-state index is -0.545. The minimum Gasteiger partial charge on any atom is -0.422 e. The number of carbonyl (C=O) groups excluding carboxylic acids is 2. The number of hydrogen-bond acceptors (Lipinski definition) is 3. The number of amides is 1. The second-order valence-electron chi connectivity index (χ2n) is 5.16. The van der Waals surface area contributed by atoms with Gasteiger partial charge < -0.3 is 9.64 Å². The number of carbonyl (C=O) groups is 2. The Morgan fingerprint density at radius 1 is 1.17 bits per heavy atom. The lowest BCUT2D eigenvalue weighted by Gasteiger charge is -2.15. The highest BCUT2D eigenvalue weighted by Crippen LogP contribution is 2.27. The van der Waals surface area contributed by atoms with Gasteiger partial charge in [-0.3, -0.25) is 4.79 Å². The van der Waals surface area contributed by atoms with Crippen molar-refractivity contribution in [2.75, 3.05) is 11.4 Å². The quantitative estimate of drug-likeness (QED) is 0.601. The van der Waals surface area contributed by atoms with Crippen LogP contribution in [0.3, 0.4) is 0 Å². The highest BCUT2D eigenvalue weighted by molar-refractivity contribution is 9.10. The number of hydrogen-bond donors (Lipinski definition) is 0. The normalized spacial score (nSPS) is 14.2. The van der Waals surface area contributed by atoms with Gasteiger partial charge in [0.2, 0.25) is 5.91 Å². The molecule has 0 unspecified atom stereocenters. The lowest BCUT2D eigenvalue weighted by atomic mass is 10.2. The Bertz CT molecular complexity index is 761. The number of rotatable bonds is 3. The predicted octanol–water partition coefficient (Wildman–Crippen LogP) is 3.93. The van der Waals surface area contributed by atoms with E-state index in [1.807, 2.05) is 0 Å². The standard InChI is InChI=1S/C17H13BrFNO3/c18-14-10-12(19)5-8-15(14)23-17(22)11-3-6-13(7-4-11)20-9-1-2-16(20)21/h3-8,10H,1-2,9H2. The summed E-state index contributed by atoms with van der Waals surface area (Å²) in [7, 11) is 0. The van der Waals surface area contributed by atoms with E-state index in [-0.39, 0.29) is 11.7 Å². The summed E-state index contributed by atoms with van der Waals surface area (Å²) in [5.41, 5.74) is 1.13. The monoisotopic (exact) mass is 377 g/mol. The van der Waals surface area contributed by atoms with E-state index in [1.165, 1.54) is 18.2 Å². The SMILES string of the molecule is O=C(Oc1ccc(F)cc1Br)c1ccc(N2CCCC2=O)cc1. The molecule has 0 aliphatic carbocycles. The molecule has 1 aliphatic rings. The molecule has 2 aromatic rings. The number of ether oxygens (including phenoxy) is 1. The van der Waals surface area contributed by atoms with E-state index < -0.39 is 11.8 Å². The van der Waals surface area contributed by atoms with Gasteiger partial charge in [-0.05, 0) is 64.8 Å². The number of esters is 1. The van der Waals surface area contributed by atoms with Gasteiger partial charge in [0.15, 0.2) is 0 Å². The van der Waals surface area contributed by atoms with Gasteiger partial charge in [0, 0.05) is 18.7 Å². The van der Waals surface area contributed by atoms with Gasteiger partial charge in [-0.15, -0.1) is 0 Å². The van der Waals surface area contributed by atoms with E-state index in [9.17, 15) is 14.0 Å². The molecule has 0 atom stereocenters. The van der Waals surface area contributed by atoms with E-state index in [0.29, 0.717) is 23.0 Å². The molecule has 1 fully saturated rings. The Morgan fingerprint density at radius 2 is 1.91 bits per heavy atom. The van der Waals surface area contributed by atoms with Gasteiger partial charge in [-0.2, -0.15) is 0 Å². The van der Waals surface area contributed by atoms with Crippen LogP contribution >= 0.6 is 15.9 Å². The van der Waals surface area contributed by atoms with Crippen molar-refractivity contribution >= 4 is 33.5 Å². The number of benzene rings is 2. The van der Waals surface area contributed by atoms with Crippen molar-refractivity contribution in [3.05, 3.63) is 58.3 Å². The fourth-order valence-electron chi connectivity index (χ4n) is 2.42. The van der Waals surface area contributed by atoms with Crippen LogP contribution in [0.1, 0.15) is 23.2 Å². The third kappa shape index (κ3) is 3.42. The molecule has 118 valence electrons. The van der Waals surface area contributed by atoms with Crippen molar-refractivity contribution < 1.29 is 18.7 Å². The second kappa shape index (κ2) is 6.50. The summed E-state index contributed by atoms with van der Waals surface area (Å²) in [6, 6.07) is 10.5. The first-order valence-corrected chi connectivity index (χ1v) is 7.91. The largest absolute Gasteiger partial charge is 0.422 e. The van der Waals surface area contributed by atoms with E-state index in [2.05, 4.69) is 15.9 Å². The molecule has 4 nitrogen and oxygen atoms in total. The minimum absolute atomic E-state index is 0.0931. The van der Waals surface area contributed by atoms with E-state index in [0.717, 1.165) is 12.1 Å². The van der Waals surface area contributed by atoms with Gasteiger partial charge in [-0.1, -0.05) is 0 Å². The van der Waals surface area contributed by atoms with Crippen molar-refractivity contribution in [1.29, 1.82) is 0 Å². The average Bonchev–Trinajstić information content (AvgIpc) is 2.96. The fraction of sp³-hybridized carbons (Fsp3) is 0.176. The Balaban J connectivity index is 1.74. The van der Waals surface area contributed by atoms with Crippen molar-refractivity contribution in [2.45, 2.75) is 12.8 Å². The van der Waals surface area contributed by atoms with Gasteiger partial charge in [-0.25, -0.2) is 9.18 Å². The predicted molar refractivity (Wildman–Crippen MR) is 87.1 cm³/mol. The second-order valence-corrected chi connectivity index (χ2v) is 6.01. The van der Waals surface area contributed by atoms with Gasteiger partial charge in [0.1, 0.15) is 11.6 Å². The van der Waals surface area contributed by atoms with Crippen molar-refractivity contribution in [3.63, 3.8) is 0 Å². The summed E-state index contributed by atoms with van der Waals surface area (Å²) in [5.74, 6) is -0.626. The third-order valence-electron chi connectivity index (χ3n) is 3.58. The molecule has 3 rings (SSSR count). The molecule has 1 heterocycles. The van der Waals surface area contributed by atoms with Crippen molar-refractivity contribution in [1.82, 2.24) is 0 Å². The van der Waals surface area contributed by atoms with E-state index in [4.69, 9.17) is 4.74 Å². The molecule has 2 aromatic carbocycles. The van der Waals surface area contributed by atoms with Crippen LogP contribution in [0.2, 0.25) is 0 Å². The smallest absolute Gasteiger partial charge is 0.343 e. The molecule has 23 heavy (non-hydrogen) atoms. The zero-order valence-corrected chi connectivity index (χ0v) is 13.7. The van der Waals surface area contributed by atoms with E-state index >= 15 is 0 Å². The molecular formula is C17H13BrFNO3. The lowest BCUT2D eigenvalue weighted by molar-refractivity contribution is -0.117. The molecule has 0 spiro atoms. The number of nitrogens with zero attached hydrogens (tertiary/aromatic N) is 1. The summed E-state index contributed by atoms with van der Waals surface area (Å²) in [6.07, 6.45) is 1.41. The maximum atomic E-state index is 13.0. The molecule has 0 saturated carbocycles. The van der Waals surface area contributed by atoms with E-state index in [1.54, 1.807) is 29.2 Å². The van der Waals surface area contributed by atoms with Gasteiger partial charge >= 0.3 is 5.97 Å². The number of halogens is 2. The van der Waals surface area contributed by atoms with Crippen LogP contribution in [0.15, 0.2) is 46.9 Å². The molecule has 6 heteroatoms. The maximum Gasteiger partial charge on any atom is 0.343 e. The average molecular weight is 378 g/mol. The molecule has 0 radical (unpaired) electrons. The summed E-state index contributed by atoms with van der Waals surface area (Å²) in [6.45, 7) is 0.700. The zero-order valence-electron chi connectivity index (χ0n) is 12.1. The molecule has 1 aliphatic heterocycles. The Morgan fingerprint density at radius 3 is 2.52 bits per heavy atom. The first-order valence-electron chi connectivity index (χ1n) is 7.12. The summed E-state index contributed by atoms with van der Waals surface area (Å²) >= 11 is 3.15. The van der Waals surface area contributed by atoms with Crippen LogP contribution < -0.4 is 9.64 Å². The van der Waals surface area contributed by atoms with Crippen LogP contribution in [0, 0.1) is 5.82 Å². The van der Waals surface area contributed by atoms with Crippen LogP contribution in [0.4, 0.5) is 10.1 Å². The fourth-order valence-corrected chi connectivity index (χ4v) is 2.85. The van der Waals surface area contributed by atoms with Crippen molar-refractivity contribution in [2.24, 2.45) is 0 Å². The Kier molecular flexibility index (Phi) is 4.43. The van der Waals surface area contributed by atoms with Crippen LogP contribution in [-0.2, 0) is 4.79 Å². The molecular weight excluding hydrogens is 365 g/mol. The summed E-state index contributed by atoms with van der Waals surface area (Å²) in [5, 5.41) is 0. The first kappa shape index (κ1) is 15.7. The molecule has 0 bridgehead atoms. The highest BCUT2D eigenvalue weighted by Gasteiger charge is 2.22. The first-order chi connectivity index (χ1) is 11.0. The molecule has 1 amide bonds. The maximum absolute atomic E-state index is 13.0. The Hall–Kier alpha value is -2.21. The molecule has 1 saturated heterocycles. The number of anilines is 1.